The molecule has 0 saturated carbocycles. The van der Waals surface area contributed by atoms with E-state index >= 15 is 0 Å². The molecule has 64 heavy (non-hydrogen) atoms. The van der Waals surface area contributed by atoms with Crippen LogP contribution in [0, 0.1) is 0 Å². The summed E-state index contributed by atoms with van der Waals surface area (Å²) < 4.78 is 11.5. The van der Waals surface area contributed by atoms with E-state index in [0.29, 0.717) is 0 Å². The van der Waals surface area contributed by atoms with Gasteiger partial charge in [0.25, 0.3) is 0 Å². The Morgan fingerprint density at radius 3 is 1.50 bits per heavy atom. The highest BCUT2D eigenvalue weighted by Gasteiger charge is 2.41. The lowest BCUT2D eigenvalue weighted by Crippen LogP contribution is -2.74. The van der Waals surface area contributed by atoms with E-state index in [9.17, 15) is 0 Å². The smallest absolute Gasteiger partial charge is 0.179 e. The number of rotatable bonds is 7. The molecule has 0 atom stereocenters. The van der Waals surface area contributed by atoms with Gasteiger partial charge in [0, 0.05) is 43.6 Å². The Labute approximate surface area is 371 Å². The Balaban J connectivity index is 1.03. The molecule has 0 radical (unpaired) electrons. The zero-order chi connectivity index (χ0) is 42.2. The number of fused-ring (bicyclic) bond motifs is 9. The Morgan fingerprint density at radius 1 is 0.328 bits per heavy atom. The summed E-state index contributed by atoms with van der Waals surface area (Å²) in [7, 11) is -2.70. The molecule has 300 valence electrons. The second-order valence-electron chi connectivity index (χ2n) is 16.8. The van der Waals surface area contributed by atoms with Crippen molar-refractivity contribution in [3.05, 3.63) is 243 Å². The van der Waals surface area contributed by atoms with Crippen LogP contribution in [-0.2, 0) is 0 Å². The van der Waals surface area contributed by atoms with E-state index in [1.54, 1.807) is 0 Å². The number of para-hydroxylation sites is 5. The Morgan fingerprint density at radius 2 is 0.828 bits per heavy atom. The highest BCUT2D eigenvalue weighted by Crippen LogP contribution is 2.42. The van der Waals surface area contributed by atoms with Crippen molar-refractivity contribution in [2.45, 2.75) is 0 Å². The van der Waals surface area contributed by atoms with E-state index in [1.807, 2.05) is 6.07 Å². The Bertz CT molecular complexity index is 3790. The fourth-order valence-electron chi connectivity index (χ4n) is 10.7. The van der Waals surface area contributed by atoms with E-state index in [-0.39, 0.29) is 0 Å². The average molecular weight is 833 g/mol. The molecule has 0 spiro atoms. The van der Waals surface area contributed by atoms with Gasteiger partial charge in [0.15, 0.2) is 8.07 Å². The molecule has 13 aromatic rings. The van der Waals surface area contributed by atoms with Crippen LogP contribution in [-0.4, -0.2) is 17.2 Å². The number of furan rings is 1. The lowest BCUT2D eigenvalue weighted by atomic mass is 10.0. The summed E-state index contributed by atoms with van der Waals surface area (Å²) in [6.07, 6.45) is 0. The monoisotopic (exact) mass is 832 g/mol. The molecule has 0 saturated heterocycles. The summed E-state index contributed by atoms with van der Waals surface area (Å²) in [5, 5.41) is 12.6. The van der Waals surface area contributed by atoms with Gasteiger partial charge < -0.3 is 13.6 Å². The molecule has 0 bridgehead atoms. The molecule has 4 heteroatoms. The van der Waals surface area contributed by atoms with E-state index in [4.69, 9.17) is 4.42 Å². The minimum absolute atomic E-state index is 0.908. The van der Waals surface area contributed by atoms with Crippen LogP contribution in [0.2, 0.25) is 0 Å². The largest absolute Gasteiger partial charge is 0.455 e. The van der Waals surface area contributed by atoms with Crippen LogP contribution >= 0.6 is 0 Å². The van der Waals surface area contributed by atoms with Gasteiger partial charge in [-0.1, -0.05) is 194 Å². The van der Waals surface area contributed by atoms with Crippen LogP contribution in [0.4, 0.5) is 0 Å². The van der Waals surface area contributed by atoms with Gasteiger partial charge in [-0.2, -0.15) is 0 Å². The van der Waals surface area contributed by atoms with Crippen LogP contribution in [0.5, 0.6) is 0 Å². The van der Waals surface area contributed by atoms with Gasteiger partial charge in [-0.25, -0.2) is 0 Å². The first kappa shape index (κ1) is 36.5. The van der Waals surface area contributed by atoms with Gasteiger partial charge in [0.1, 0.15) is 11.2 Å². The van der Waals surface area contributed by atoms with Crippen molar-refractivity contribution in [2.75, 3.05) is 0 Å². The van der Waals surface area contributed by atoms with Gasteiger partial charge in [-0.05, 0) is 74.8 Å². The van der Waals surface area contributed by atoms with E-state index in [0.717, 1.165) is 50.0 Å². The normalized spacial score (nSPS) is 12.1. The zero-order valence-corrected chi connectivity index (χ0v) is 35.9. The van der Waals surface area contributed by atoms with Gasteiger partial charge >= 0.3 is 0 Å². The molecule has 0 aliphatic carbocycles. The van der Waals surface area contributed by atoms with E-state index in [1.165, 1.54) is 58.8 Å². The van der Waals surface area contributed by atoms with Crippen molar-refractivity contribution in [3.8, 4) is 22.5 Å². The van der Waals surface area contributed by atoms with E-state index < -0.39 is 8.07 Å². The maximum absolute atomic E-state index is 6.53. The molecule has 3 heterocycles. The first-order chi connectivity index (χ1) is 31.8. The highest BCUT2D eigenvalue weighted by atomic mass is 28.3. The van der Waals surface area contributed by atoms with Crippen LogP contribution in [0.15, 0.2) is 247 Å². The maximum Gasteiger partial charge on any atom is 0.179 e. The molecule has 3 nitrogen and oxygen atoms in total. The van der Waals surface area contributed by atoms with Gasteiger partial charge in [0.2, 0.25) is 0 Å². The van der Waals surface area contributed by atoms with Gasteiger partial charge in [0.05, 0.1) is 27.8 Å². The molecule has 0 fully saturated rings. The summed E-state index contributed by atoms with van der Waals surface area (Å²) >= 11 is 0. The van der Waals surface area contributed by atoms with Crippen molar-refractivity contribution in [1.29, 1.82) is 0 Å². The predicted octanol–water partition coefficient (Wildman–Crippen LogP) is 12.8. The fraction of sp³-hybridized carbons (Fsp3) is 0. The molecule has 3 aromatic heterocycles. The molecule has 0 aliphatic heterocycles. The van der Waals surface area contributed by atoms with Crippen molar-refractivity contribution in [1.82, 2.24) is 9.13 Å². The molecule has 0 N–H and O–H groups in total. The first-order valence-corrected chi connectivity index (χ1v) is 24.0. The van der Waals surface area contributed by atoms with E-state index in [2.05, 4.69) is 246 Å². The third kappa shape index (κ3) is 5.33. The molecule has 0 amide bonds. The average Bonchev–Trinajstić information content (AvgIpc) is 4.03. The summed E-state index contributed by atoms with van der Waals surface area (Å²) in [5.41, 5.74) is 11.0. The molecular formula is C60H40N2OSi. The summed E-state index contributed by atoms with van der Waals surface area (Å²) in [6, 6.07) is 89.2. The minimum Gasteiger partial charge on any atom is -0.455 e. The number of nitrogens with zero attached hydrogens (tertiary/aromatic N) is 2. The Kier molecular flexibility index (Phi) is 8.23. The lowest BCUT2D eigenvalue weighted by molar-refractivity contribution is 0.670. The lowest BCUT2D eigenvalue weighted by Gasteiger charge is -2.34. The quantitative estimate of drug-likeness (QED) is 0.116. The minimum atomic E-state index is -2.70. The maximum atomic E-state index is 6.53. The first-order valence-electron chi connectivity index (χ1n) is 22.0. The molecule has 0 unspecified atom stereocenters. The molecule has 0 aliphatic rings. The highest BCUT2D eigenvalue weighted by molar-refractivity contribution is 7.19. The molecule has 10 aromatic carbocycles. The standard InChI is InChI=1S/C60H40N2OSi/c1-4-18-43(19-5-1)64(44-20-6-2-7-21-44,45-22-8-3-9-23-45)46-37-35-42(36-38-46)61-54-30-13-10-24-48(54)51-28-17-32-57(59(51)61)62-55-31-14-11-25-49(55)53-40-41(34-39-56(53)62)47-27-16-29-52-50-26-12-15-33-58(50)63-60(47)52/h1-40H. The molecule has 13 rings (SSSR count). The fourth-order valence-corrected chi connectivity index (χ4v) is 15.5. The molecular weight excluding hydrogens is 793 g/mol. The third-order valence-corrected chi connectivity index (χ3v) is 18.3. The van der Waals surface area contributed by atoms with Crippen molar-refractivity contribution < 1.29 is 4.42 Å². The predicted molar refractivity (Wildman–Crippen MR) is 271 cm³/mol. The third-order valence-electron chi connectivity index (χ3n) is 13.5. The van der Waals surface area contributed by atoms with Crippen LogP contribution < -0.4 is 20.7 Å². The van der Waals surface area contributed by atoms with Crippen LogP contribution in [0.1, 0.15) is 0 Å². The van der Waals surface area contributed by atoms with Crippen molar-refractivity contribution in [2.24, 2.45) is 0 Å². The SMILES string of the molecule is c1ccc([Si](c2ccccc2)(c2ccccc2)c2ccc(-n3c4ccccc4c4cccc(-n5c6ccccc6c6cc(-c7cccc8c7oc7ccccc78)ccc65)c43)cc2)cc1. The number of benzene rings is 10. The summed E-state index contributed by atoms with van der Waals surface area (Å²) in [6.45, 7) is 0. The second kappa shape index (κ2) is 14.5. The van der Waals surface area contributed by atoms with Gasteiger partial charge in [-0.15, -0.1) is 0 Å². The zero-order valence-electron chi connectivity index (χ0n) is 34.9. The summed E-state index contributed by atoms with van der Waals surface area (Å²) in [5.74, 6) is 0. The topological polar surface area (TPSA) is 23.0 Å². The van der Waals surface area contributed by atoms with Crippen LogP contribution in [0.25, 0.3) is 88.1 Å². The number of hydrogen-bond donors (Lipinski definition) is 0. The second-order valence-corrected chi connectivity index (χ2v) is 20.6. The number of hydrogen-bond acceptors (Lipinski definition) is 1. The van der Waals surface area contributed by atoms with Crippen LogP contribution in [0.3, 0.4) is 0 Å². The Hall–Kier alpha value is -8.18. The summed E-state index contributed by atoms with van der Waals surface area (Å²) in [4.78, 5) is 0. The number of aromatic nitrogens is 2. The van der Waals surface area contributed by atoms with Gasteiger partial charge in [-0.3, -0.25) is 0 Å². The van der Waals surface area contributed by atoms with Crippen molar-refractivity contribution in [3.63, 3.8) is 0 Å². The van der Waals surface area contributed by atoms with Crippen molar-refractivity contribution >= 4 is 94.4 Å².